The number of ether oxygens (including phenoxy) is 1. The van der Waals surface area contributed by atoms with E-state index in [-0.39, 0.29) is 0 Å². The highest BCUT2D eigenvalue weighted by molar-refractivity contribution is 7.98. The third kappa shape index (κ3) is 3.20. The minimum atomic E-state index is 0.662. The molecule has 0 unspecified atom stereocenters. The lowest BCUT2D eigenvalue weighted by atomic mass is 10.3. The number of nitrogens with two attached hydrogens (primary N) is 1. The van der Waals surface area contributed by atoms with Gasteiger partial charge in [0.2, 0.25) is 0 Å². The number of benzene rings is 1. The first kappa shape index (κ1) is 11.9. The minimum Gasteiger partial charge on any atom is -0.494 e. The molecule has 0 bridgehead atoms. The summed E-state index contributed by atoms with van der Waals surface area (Å²) < 4.78 is 10.5. The van der Waals surface area contributed by atoms with E-state index in [1.165, 1.54) is 0 Å². The van der Waals surface area contributed by atoms with Crippen LogP contribution < -0.4 is 10.5 Å². The lowest BCUT2D eigenvalue weighted by molar-refractivity contribution is 0.339. The van der Waals surface area contributed by atoms with Crippen LogP contribution in [-0.2, 0) is 5.75 Å². The summed E-state index contributed by atoms with van der Waals surface area (Å²) in [4.78, 5) is 1.04. The third-order valence-electron chi connectivity index (χ3n) is 2.27. The third-order valence-corrected chi connectivity index (χ3v) is 3.41. The van der Waals surface area contributed by atoms with Gasteiger partial charge >= 0.3 is 0 Å². The predicted molar refractivity (Wildman–Crippen MR) is 70.3 cm³/mol. The van der Waals surface area contributed by atoms with Gasteiger partial charge in [0.1, 0.15) is 5.75 Å². The molecule has 17 heavy (non-hydrogen) atoms. The van der Waals surface area contributed by atoms with E-state index in [2.05, 4.69) is 0 Å². The number of furan rings is 1. The number of anilines is 1. The summed E-state index contributed by atoms with van der Waals surface area (Å²) in [5.41, 5.74) is 7.85. The molecule has 90 valence electrons. The Labute approximate surface area is 105 Å². The van der Waals surface area contributed by atoms with Crippen molar-refractivity contribution in [1.29, 1.82) is 0 Å². The minimum absolute atomic E-state index is 0.662. The Bertz CT molecular complexity index is 468. The maximum absolute atomic E-state index is 5.93. The fourth-order valence-corrected chi connectivity index (χ4v) is 2.35. The normalized spacial score (nSPS) is 10.4. The second-order valence-electron chi connectivity index (χ2n) is 3.55. The van der Waals surface area contributed by atoms with Crippen LogP contribution in [0.4, 0.5) is 5.69 Å². The molecule has 0 radical (unpaired) electrons. The topological polar surface area (TPSA) is 48.4 Å². The molecule has 4 heteroatoms. The number of nitrogen functional groups attached to an aromatic ring is 1. The number of hydrogen-bond acceptors (Lipinski definition) is 4. The second kappa shape index (κ2) is 5.68. The van der Waals surface area contributed by atoms with Gasteiger partial charge in [0.25, 0.3) is 0 Å². The predicted octanol–water partition coefficient (Wildman–Crippen LogP) is 3.55. The van der Waals surface area contributed by atoms with E-state index in [4.69, 9.17) is 14.9 Å². The monoisotopic (exact) mass is 249 g/mol. The first-order chi connectivity index (χ1) is 8.29. The van der Waals surface area contributed by atoms with Crippen molar-refractivity contribution in [3.8, 4) is 5.75 Å². The zero-order valence-corrected chi connectivity index (χ0v) is 10.5. The van der Waals surface area contributed by atoms with Gasteiger partial charge in [0.15, 0.2) is 0 Å². The molecule has 2 aromatic rings. The second-order valence-corrected chi connectivity index (χ2v) is 4.57. The Morgan fingerprint density at radius 3 is 2.94 bits per heavy atom. The van der Waals surface area contributed by atoms with Crippen LogP contribution in [0.15, 0.2) is 46.1 Å². The molecule has 0 atom stereocenters. The van der Waals surface area contributed by atoms with E-state index in [0.717, 1.165) is 27.6 Å². The van der Waals surface area contributed by atoms with Gasteiger partial charge in [-0.05, 0) is 31.2 Å². The van der Waals surface area contributed by atoms with E-state index in [0.29, 0.717) is 6.61 Å². The molecular formula is C13H15NO2S. The zero-order valence-electron chi connectivity index (χ0n) is 9.68. The first-order valence-electron chi connectivity index (χ1n) is 5.46. The average molecular weight is 249 g/mol. The SMILES string of the molecule is CCOc1ccc(N)c(SCc2ccoc2)c1. The summed E-state index contributed by atoms with van der Waals surface area (Å²) >= 11 is 1.68. The van der Waals surface area contributed by atoms with Crippen molar-refractivity contribution in [3.05, 3.63) is 42.4 Å². The van der Waals surface area contributed by atoms with Crippen LogP contribution in [0.3, 0.4) is 0 Å². The highest BCUT2D eigenvalue weighted by Crippen LogP contribution is 2.31. The number of hydrogen-bond donors (Lipinski definition) is 1. The maximum atomic E-state index is 5.93. The fourth-order valence-electron chi connectivity index (χ4n) is 1.43. The molecule has 1 aromatic carbocycles. The van der Waals surface area contributed by atoms with Crippen molar-refractivity contribution in [2.24, 2.45) is 0 Å². The van der Waals surface area contributed by atoms with Crippen LogP contribution in [0.1, 0.15) is 12.5 Å². The molecule has 2 rings (SSSR count). The molecule has 0 fully saturated rings. The van der Waals surface area contributed by atoms with Crippen LogP contribution >= 0.6 is 11.8 Å². The van der Waals surface area contributed by atoms with Gasteiger partial charge in [-0.2, -0.15) is 0 Å². The van der Waals surface area contributed by atoms with Gasteiger partial charge in [-0.3, -0.25) is 0 Å². The highest BCUT2D eigenvalue weighted by Gasteiger charge is 2.04. The van der Waals surface area contributed by atoms with Gasteiger partial charge < -0.3 is 14.9 Å². The largest absolute Gasteiger partial charge is 0.494 e. The maximum Gasteiger partial charge on any atom is 0.120 e. The number of thioether (sulfide) groups is 1. The van der Waals surface area contributed by atoms with Crippen molar-refractivity contribution < 1.29 is 9.15 Å². The summed E-state index contributed by atoms with van der Waals surface area (Å²) in [6, 6.07) is 7.70. The van der Waals surface area contributed by atoms with Crippen molar-refractivity contribution in [1.82, 2.24) is 0 Å². The molecule has 0 aliphatic rings. The van der Waals surface area contributed by atoms with Crippen LogP contribution in [0.5, 0.6) is 5.75 Å². The van der Waals surface area contributed by atoms with Crippen molar-refractivity contribution in [3.63, 3.8) is 0 Å². The fraction of sp³-hybridized carbons (Fsp3) is 0.231. The Morgan fingerprint density at radius 1 is 1.35 bits per heavy atom. The van der Waals surface area contributed by atoms with Crippen LogP contribution in [0.2, 0.25) is 0 Å². The first-order valence-corrected chi connectivity index (χ1v) is 6.44. The quantitative estimate of drug-likeness (QED) is 0.650. The molecule has 2 N–H and O–H groups in total. The molecule has 0 saturated carbocycles. The number of rotatable bonds is 5. The van der Waals surface area contributed by atoms with Crippen LogP contribution in [0.25, 0.3) is 0 Å². The lowest BCUT2D eigenvalue weighted by Gasteiger charge is -2.08. The highest BCUT2D eigenvalue weighted by atomic mass is 32.2. The van der Waals surface area contributed by atoms with Crippen molar-refractivity contribution >= 4 is 17.4 Å². The van der Waals surface area contributed by atoms with E-state index in [9.17, 15) is 0 Å². The zero-order chi connectivity index (χ0) is 12.1. The van der Waals surface area contributed by atoms with Crippen LogP contribution in [-0.4, -0.2) is 6.61 Å². The summed E-state index contributed by atoms with van der Waals surface area (Å²) in [5, 5.41) is 0. The van der Waals surface area contributed by atoms with Gasteiger partial charge in [-0.25, -0.2) is 0 Å². The van der Waals surface area contributed by atoms with Gasteiger partial charge in [-0.1, -0.05) is 0 Å². The summed E-state index contributed by atoms with van der Waals surface area (Å²) in [7, 11) is 0. The Hall–Kier alpha value is -1.55. The van der Waals surface area contributed by atoms with Crippen LogP contribution in [0, 0.1) is 0 Å². The van der Waals surface area contributed by atoms with Gasteiger partial charge in [0.05, 0.1) is 19.1 Å². The smallest absolute Gasteiger partial charge is 0.120 e. The van der Waals surface area contributed by atoms with Crippen molar-refractivity contribution in [2.75, 3.05) is 12.3 Å². The molecule has 3 nitrogen and oxygen atoms in total. The van der Waals surface area contributed by atoms with E-state index < -0.39 is 0 Å². The van der Waals surface area contributed by atoms with Gasteiger partial charge in [-0.15, -0.1) is 11.8 Å². The molecule has 1 heterocycles. The van der Waals surface area contributed by atoms with E-state index in [1.54, 1.807) is 24.3 Å². The molecular weight excluding hydrogens is 234 g/mol. The summed E-state index contributed by atoms with van der Waals surface area (Å²) in [5.74, 6) is 1.70. The molecule has 0 spiro atoms. The van der Waals surface area contributed by atoms with E-state index in [1.807, 2.05) is 31.2 Å². The molecule has 0 amide bonds. The lowest BCUT2D eigenvalue weighted by Crippen LogP contribution is -1.94. The average Bonchev–Trinajstić information content (AvgIpc) is 2.83. The van der Waals surface area contributed by atoms with Gasteiger partial charge in [0, 0.05) is 21.9 Å². The summed E-state index contributed by atoms with van der Waals surface area (Å²) in [6.45, 7) is 2.63. The molecule has 1 aromatic heterocycles. The molecule has 0 aliphatic heterocycles. The summed E-state index contributed by atoms with van der Waals surface area (Å²) in [6.07, 6.45) is 3.42. The Balaban J connectivity index is 2.06. The Morgan fingerprint density at radius 2 is 2.24 bits per heavy atom. The van der Waals surface area contributed by atoms with E-state index >= 15 is 0 Å². The molecule has 0 aliphatic carbocycles. The standard InChI is InChI=1S/C13H15NO2S/c1-2-16-11-3-4-12(14)13(7-11)17-9-10-5-6-15-8-10/h3-8H,2,9,14H2,1H3. The molecule has 0 saturated heterocycles. The van der Waals surface area contributed by atoms with Crippen molar-refractivity contribution in [2.45, 2.75) is 17.6 Å². The Kier molecular flexibility index (Phi) is 3.98.